The number of carbonyl (C=O) groups is 2. The van der Waals surface area contributed by atoms with E-state index in [1.807, 2.05) is 19.9 Å². The Hall–Kier alpha value is -3.53. The van der Waals surface area contributed by atoms with Crippen molar-refractivity contribution in [1.29, 1.82) is 5.26 Å². The maximum Gasteiger partial charge on any atom is 0.339 e. The number of nitrogens with one attached hydrogen (secondary N) is 1. The predicted octanol–water partition coefficient (Wildman–Crippen LogP) is 3.54. The Balaban J connectivity index is 2.05. The van der Waals surface area contributed by atoms with Crippen molar-refractivity contribution >= 4 is 17.6 Å². The number of hydrogen-bond acceptors (Lipinski definition) is 6. The number of nitriles is 1. The van der Waals surface area contributed by atoms with Crippen LogP contribution >= 0.6 is 0 Å². The first kappa shape index (κ1) is 20.8. The molecular formula is C21H22N2O5. The maximum atomic E-state index is 12.4. The van der Waals surface area contributed by atoms with Gasteiger partial charge in [0, 0.05) is 5.69 Å². The van der Waals surface area contributed by atoms with Crippen molar-refractivity contribution in [1.82, 2.24) is 0 Å². The minimum atomic E-state index is -1.03. The summed E-state index contributed by atoms with van der Waals surface area (Å²) in [6.45, 7) is 6.03. The summed E-state index contributed by atoms with van der Waals surface area (Å²) in [5.74, 6) is -0.190. The summed E-state index contributed by atoms with van der Waals surface area (Å²) in [5.41, 5.74) is 1.12. The van der Waals surface area contributed by atoms with E-state index in [2.05, 4.69) is 5.32 Å². The summed E-state index contributed by atoms with van der Waals surface area (Å²) in [5, 5.41) is 11.5. The molecule has 2 aromatic rings. The number of benzene rings is 2. The van der Waals surface area contributed by atoms with E-state index >= 15 is 0 Å². The van der Waals surface area contributed by atoms with Gasteiger partial charge in [-0.2, -0.15) is 5.26 Å². The van der Waals surface area contributed by atoms with Crippen molar-refractivity contribution in [3.63, 3.8) is 0 Å². The molecule has 0 bridgehead atoms. The topological polar surface area (TPSA) is 97.6 Å². The van der Waals surface area contributed by atoms with E-state index in [9.17, 15) is 9.59 Å². The molecule has 7 nitrogen and oxygen atoms in total. The van der Waals surface area contributed by atoms with Gasteiger partial charge in [0.15, 0.2) is 17.6 Å². The van der Waals surface area contributed by atoms with Crippen LogP contribution in [0.2, 0.25) is 0 Å². The molecular weight excluding hydrogens is 360 g/mol. The summed E-state index contributed by atoms with van der Waals surface area (Å²) in [7, 11) is 0. The van der Waals surface area contributed by atoms with Crippen LogP contribution in [0.1, 0.15) is 36.7 Å². The summed E-state index contributed by atoms with van der Waals surface area (Å²) in [6.07, 6.45) is -1.03. The molecule has 0 heterocycles. The van der Waals surface area contributed by atoms with E-state index < -0.39 is 18.0 Å². The fraction of sp³-hybridized carbons (Fsp3) is 0.286. The lowest BCUT2D eigenvalue weighted by atomic mass is 10.2. The predicted molar refractivity (Wildman–Crippen MR) is 103 cm³/mol. The van der Waals surface area contributed by atoms with Crippen molar-refractivity contribution in [2.45, 2.75) is 26.9 Å². The minimum Gasteiger partial charge on any atom is -0.490 e. The Morgan fingerprint density at radius 2 is 1.79 bits per heavy atom. The van der Waals surface area contributed by atoms with Gasteiger partial charge < -0.3 is 19.5 Å². The molecule has 0 unspecified atom stereocenters. The lowest BCUT2D eigenvalue weighted by Gasteiger charge is -2.15. The highest BCUT2D eigenvalue weighted by Crippen LogP contribution is 2.29. The first-order chi connectivity index (χ1) is 13.5. The molecule has 7 heteroatoms. The van der Waals surface area contributed by atoms with Gasteiger partial charge in [-0.1, -0.05) is 6.07 Å². The Morgan fingerprint density at radius 3 is 2.46 bits per heavy atom. The molecule has 1 atom stereocenters. The first-order valence-electron chi connectivity index (χ1n) is 8.90. The highest BCUT2D eigenvalue weighted by atomic mass is 16.5. The number of rotatable bonds is 8. The standard InChI is InChI=1S/C21H22N2O5/c1-4-26-18-10-9-16(12-19(18)27-5-2)21(25)28-14(3)20(24)23-17-8-6-7-15(11-17)13-22/h6-12,14H,4-5H2,1-3H3,(H,23,24)/t14-/m0/s1. The lowest BCUT2D eigenvalue weighted by molar-refractivity contribution is -0.123. The maximum absolute atomic E-state index is 12.4. The number of anilines is 1. The van der Waals surface area contributed by atoms with Crippen molar-refractivity contribution < 1.29 is 23.8 Å². The molecule has 0 radical (unpaired) electrons. The number of amides is 1. The van der Waals surface area contributed by atoms with Gasteiger partial charge in [0.2, 0.25) is 0 Å². The smallest absolute Gasteiger partial charge is 0.339 e. The normalized spacial score (nSPS) is 11.1. The molecule has 2 rings (SSSR count). The zero-order chi connectivity index (χ0) is 20.5. The number of esters is 1. The Bertz CT molecular complexity index is 889. The number of nitrogens with zero attached hydrogens (tertiary/aromatic N) is 1. The molecule has 28 heavy (non-hydrogen) atoms. The molecule has 0 aliphatic heterocycles. The van der Waals surface area contributed by atoms with Gasteiger partial charge >= 0.3 is 5.97 Å². The fourth-order valence-electron chi connectivity index (χ4n) is 2.37. The first-order valence-corrected chi connectivity index (χ1v) is 8.90. The minimum absolute atomic E-state index is 0.248. The largest absolute Gasteiger partial charge is 0.490 e. The molecule has 0 fully saturated rings. The van der Waals surface area contributed by atoms with Crippen LogP contribution in [0, 0.1) is 11.3 Å². The zero-order valence-electron chi connectivity index (χ0n) is 16.0. The molecule has 0 saturated heterocycles. The monoisotopic (exact) mass is 382 g/mol. The van der Waals surface area contributed by atoms with E-state index in [4.69, 9.17) is 19.5 Å². The van der Waals surface area contributed by atoms with Gasteiger partial charge in [-0.3, -0.25) is 4.79 Å². The quantitative estimate of drug-likeness (QED) is 0.701. The van der Waals surface area contributed by atoms with Crippen LogP contribution in [0.15, 0.2) is 42.5 Å². The van der Waals surface area contributed by atoms with Crippen molar-refractivity contribution in [2.24, 2.45) is 0 Å². The molecule has 0 spiro atoms. The Labute approximate surface area is 163 Å². The van der Waals surface area contributed by atoms with Gasteiger partial charge in [-0.15, -0.1) is 0 Å². The molecule has 146 valence electrons. The van der Waals surface area contributed by atoms with Crippen molar-refractivity contribution in [3.8, 4) is 17.6 Å². The van der Waals surface area contributed by atoms with E-state index in [1.165, 1.54) is 19.1 Å². The van der Waals surface area contributed by atoms with Gasteiger partial charge in [0.25, 0.3) is 5.91 Å². The lowest BCUT2D eigenvalue weighted by Crippen LogP contribution is -2.30. The van der Waals surface area contributed by atoms with Crippen LogP contribution in [0.5, 0.6) is 11.5 Å². The molecule has 1 N–H and O–H groups in total. The third-order valence-corrected chi connectivity index (χ3v) is 3.69. The molecule has 1 amide bonds. The van der Waals surface area contributed by atoms with Crippen LogP contribution in [-0.2, 0) is 9.53 Å². The van der Waals surface area contributed by atoms with Crippen LogP contribution in [-0.4, -0.2) is 31.2 Å². The van der Waals surface area contributed by atoms with Gasteiger partial charge in [0.05, 0.1) is 30.4 Å². The molecule has 0 saturated carbocycles. The Kier molecular flexibility index (Phi) is 7.40. The fourth-order valence-corrected chi connectivity index (χ4v) is 2.37. The summed E-state index contributed by atoms with van der Waals surface area (Å²) in [4.78, 5) is 24.7. The van der Waals surface area contributed by atoms with Crippen LogP contribution in [0.3, 0.4) is 0 Å². The summed E-state index contributed by atoms with van der Waals surface area (Å²) < 4.78 is 16.2. The number of hydrogen-bond donors (Lipinski definition) is 1. The van der Waals surface area contributed by atoms with Gasteiger partial charge in [0.1, 0.15) is 0 Å². The SMILES string of the molecule is CCOc1ccc(C(=O)O[C@@H](C)C(=O)Nc2cccc(C#N)c2)cc1OCC. The van der Waals surface area contributed by atoms with Crippen molar-refractivity contribution in [3.05, 3.63) is 53.6 Å². The van der Waals surface area contributed by atoms with E-state index in [0.717, 1.165) is 0 Å². The van der Waals surface area contributed by atoms with E-state index in [1.54, 1.807) is 30.3 Å². The van der Waals surface area contributed by atoms with E-state index in [-0.39, 0.29) is 5.56 Å². The second-order valence-corrected chi connectivity index (χ2v) is 5.76. The molecule has 2 aromatic carbocycles. The second kappa shape index (κ2) is 9.97. The number of ether oxygens (including phenoxy) is 3. The highest BCUT2D eigenvalue weighted by molar-refractivity contribution is 5.97. The van der Waals surface area contributed by atoms with Crippen LogP contribution in [0.4, 0.5) is 5.69 Å². The Morgan fingerprint density at radius 1 is 1.07 bits per heavy atom. The van der Waals surface area contributed by atoms with E-state index in [0.29, 0.717) is 36.0 Å². The number of carbonyl (C=O) groups excluding carboxylic acids is 2. The average Bonchev–Trinajstić information content (AvgIpc) is 2.69. The highest BCUT2D eigenvalue weighted by Gasteiger charge is 2.20. The molecule has 0 aromatic heterocycles. The third kappa shape index (κ3) is 5.48. The summed E-state index contributed by atoms with van der Waals surface area (Å²) in [6, 6.07) is 13.2. The van der Waals surface area contributed by atoms with Gasteiger partial charge in [-0.25, -0.2) is 4.79 Å². The molecule has 0 aliphatic rings. The average molecular weight is 382 g/mol. The van der Waals surface area contributed by atoms with Gasteiger partial charge in [-0.05, 0) is 57.2 Å². The van der Waals surface area contributed by atoms with Crippen LogP contribution in [0.25, 0.3) is 0 Å². The van der Waals surface area contributed by atoms with Crippen molar-refractivity contribution in [2.75, 3.05) is 18.5 Å². The third-order valence-electron chi connectivity index (χ3n) is 3.69. The summed E-state index contributed by atoms with van der Waals surface area (Å²) >= 11 is 0. The molecule has 0 aliphatic carbocycles. The second-order valence-electron chi connectivity index (χ2n) is 5.76. The van der Waals surface area contributed by atoms with Crippen LogP contribution < -0.4 is 14.8 Å². The zero-order valence-corrected chi connectivity index (χ0v) is 16.0.